The Bertz CT molecular complexity index is 1120. The summed E-state index contributed by atoms with van der Waals surface area (Å²) < 4.78 is 34.0. The molecule has 2 aromatic carbocycles. The number of carbonyl (C=O) groups is 1. The molecule has 0 unspecified atom stereocenters. The van der Waals surface area contributed by atoms with Gasteiger partial charge in [-0.1, -0.05) is 29.8 Å². The summed E-state index contributed by atoms with van der Waals surface area (Å²) >= 11 is 0. The Morgan fingerprint density at radius 3 is 2.59 bits per heavy atom. The number of hydrogen-bond acceptors (Lipinski definition) is 6. The molecule has 3 N–H and O–H groups in total. The van der Waals surface area contributed by atoms with Gasteiger partial charge in [0.1, 0.15) is 10.6 Å². The number of methoxy groups -OCH3 is 1. The number of aryl methyl sites for hydroxylation is 2. The van der Waals surface area contributed by atoms with Crippen molar-refractivity contribution in [1.29, 1.82) is 0 Å². The van der Waals surface area contributed by atoms with E-state index in [0.29, 0.717) is 23.8 Å². The van der Waals surface area contributed by atoms with Crippen molar-refractivity contribution in [1.82, 2.24) is 4.98 Å². The predicted octanol–water partition coefficient (Wildman–Crippen LogP) is 2.88. The third-order valence-electron chi connectivity index (χ3n) is 4.21. The standard InChI is InChI=1S/C20H21N3O5S/c1-13-3-5-14(6-4-13)17-12-22-20(28-17)10-9-19(24)23-15-7-8-16(27-2)18(11-15)29(21,25)26/h3-8,11-12H,9-10H2,1-2H3,(H,23,24)(H2,21,25,26). The molecule has 8 nitrogen and oxygen atoms in total. The lowest BCUT2D eigenvalue weighted by atomic mass is 10.1. The van der Waals surface area contributed by atoms with Crippen molar-refractivity contribution in [3.8, 4) is 17.1 Å². The molecule has 0 saturated heterocycles. The van der Waals surface area contributed by atoms with Crippen molar-refractivity contribution in [3.05, 3.63) is 60.1 Å². The van der Waals surface area contributed by atoms with Crippen LogP contribution in [0, 0.1) is 6.92 Å². The zero-order valence-electron chi connectivity index (χ0n) is 16.0. The summed E-state index contributed by atoms with van der Waals surface area (Å²) in [5.74, 6) is 0.864. The maximum Gasteiger partial charge on any atom is 0.241 e. The average molecular weight is 415 g/mol. The minimum absolute atomic E-state index is 0.105. The maximum atomic E-state index is 12.2. The third kappa shape index (κ3) is 5.21. The Balaban J connectivity index is 1.63. The lowest BCUT2D eigenvalue weighted by molar-refractivity contribution is -0.116. The number of ether oxygens (including phenoxy) is 1. The fourth-order valence-corrected chi connectivity index (χ4v) is 3.42. The summed E-state index contributed by atoms with van der Waals surface area (Å²) in [4.78, 5) is 16.2. The van der Waals surface area contributed by atoms with E-state index in [2.05, 4.69) is 10.3 Å². The molecule has 1 heterocycles. The van der Waals surface area contributed by atoms with Crippen LogP contribution < -0.4 is 15.2 Å². The fourth-order valence-electron chi connectivity index (χ4n) is 2.70. The van der Waals surface area contributed by atoms with Gasteiger partial charge in [0.25, 0.3) is 0 Å². The Labute approximate surface area is 168 Å². The number of nitrogens with two attached hydrogens (primary N) is 1. The van der Waals surface area contributed by atoms with Gasteiger partial charge in [-0.05, 0) is 25.1 Å². The number of benzene rings is 2. The summed E-state index contributed by atoms with van der Waals surface area (Å²) in [6.07, 6.45) is 2.04. The van der Waals surface area contributed by atoms with E-state index in [-0.39, 0.29) is 23.0 Å². The highest BCUT2D eigenvalue weighted by Crippen LogP contribution is 2.26. The predicted molar refractivity (Wildman–Crippen MR) is 108 cm³/mol. The number of primary sulfonamides is 1. The van der Waals surface area contributed by atoms with Gasteiger partial charge in [-0.15, -0.1) is 0 Å². The van der Waals surface area contributed by atoms with Crippen LogP contribution >= 0.6 is 0 Å². The number of carbonyl (C=O) groups excluding carboxylic acids is 1. The molecule has 3 aromatic rings. The first-order valence-corrected chi connectivity index (χ1v) is 10.3. The first-order chi connectivity index (χ1) is 13.8. The summed E-state index contributed by atoms with van der Waals surface area (Å²) in [6, 6.07) is 12.1. The molecule has 3 rings (SSSR count). The van der Waals surface area contributed by atoms with E-state index < -0.39 is 10.0 Å². The van der Waals surface area contributed by atoms with Gasteiger partial charge in [0.2, 0.25) is 15.9 Å². The molecule has 0 spiro atoms. The minimum Gasteiger partial charge on any atom is -0.495 e. The molecule has 1 amide bonds. The van der Waals surface area contributed by atoms with Gasteiger partial charge in [-0.25, -0.2) is 18.5 Å². The molecule has 0 atom stereocenters. The van der Waals surface area contributed by atoms with E-state index in [1.807, 2.05) is 31.2 Å². The quantitative estimate of drug-likeness (QED) is 0.611. The van der Waals surface area contributed by atoms with Crippen LogP contribution in [0.2, 0.25) is 0 Å². The molecule has 0 fully saturated rings. The van der Waals surface area contributed by atoms with Crippen LogP contribution in [0.1, 0.15) is 17.9 Å². The van der Waals surface area contributed by atoms with E-state index >= 15 is 0 Å². The van der Waals surface area contributed by atoms with Crippen LogP contribution in [0.4, 0.5) is 5.69 Å². The van der Waals surface area contributed by atoms with Gasteiger partial charge in [0.15, 0.2) is 11.7 Å². The lowest BCUT2D eigenvalue weighted by Gasteiger charge is -2.10. The molecule has 0 aliphatic heterocycles. The maximum absolute atomic E-state index is 12.2. The zero-order chi connectivity index (χ0) is 21.0. The molecule has 29 heavy (non-hydrogen) atoms. The third-order valence-corrected chi connectivity index (χ3v) is 5.14. The van der Waals surface area contributed by atoms with Crippen molar-refractivity contribution in [3.63, 3.8) is 0 Å². The van der Waals surface area contributed by atoms with E-state index in [9.17, 15) is 13.2 Å². The van der Waals surface area contributed by atoms with Gasteiger partial charge in [0.05, 0.1) is 13.3 Å². The molecule has 0 radical (unpaired) electrons. The number of hydrogen-bond donors (Lipinski definition) is 2. The van der Waals surface area contributed by atoms with Gasteiger partial charge < -0.3 is 14.5 Å². The molecule has 0 bridgehead atoms. The minimum atomic E-state index is -3.99. The fraction of sp³-hybridized carbons (Fsp3) is 0.200. The second-order valence-electron chi connectivity index (χ2n) is 6.44. The monoisotopic (exact) mass is 415 g/mol. The summed E-state index contributed by atoms with van der Waals surface area (Å²) in [5.41, 5.74) is 2.36. The number of oxazole rings is 1. The van der Waals surface area contributed by atoms with Crippen molar-refractivity contribution in [2.24, 2.45) is 5.14 Å². The molecule has 0 aliphatic rings. The highest BCUT2D eigenvalue weighted by Gasteiger charge is 2.16. The largest absolute Gasteiger partial charge is 0.495 e. The summed E-state index contributed by atoms with van der Waals surface area (Å²) in [5, 5.41) is 7.82. The zero-order valence-corrected chi connectivity index (χ0v) is 16.8. The molecule has 1 aromatic heterocycles. The van der Waals surface area contributed by atoms with Gasteiger partial charge in [0, 0.05) is 24.1 Å². The van der Waals surface area contributed by atoms with Crippen LogP contribution in [0.25, 0.3) is 11.3 Å². The number of rotatable bonds is 7. The highest BCUT2D eigenvalue weighted by atomic mass is 32.2. The highest BCUT2D eigenvalue weighted by molar-refractivity contribution is 7.89. The Morgan fingerprint density at radius 2 is 1.93 bits per heavy atom. The Morgan fingerprint density at radius 1 is 1.21 bits per heavy atom. The van der Waals surface area contributed by atoms with Gasteiger partial charge in [-0.3, -0.25) is 4.79 Å². The first-order valence-electron chi connectivity index (χ1n) is 8.78. The van der Waals surface area contributed by atoms with E-state index in [4.69, 9.17) is 14.3 Å². The number of anilines is 1. The van der Waals surface area contributed by atoms with Crippen molar-refractivity contribution >= 4 is 21.6 Å². The normalized spacial score (nSPS) is 11.3. The molecular formula is C20H21N3O5S. The molecule has 9 heteroatoms. The molecule has 0 saturated carbocycles. The van der Waals surface area contributed by atoms with E-state index in [1.54, 1.807) is 6.20 Å². The van der Waals surface area contributed by atoms with Crippen LogP contribution in [0.15, 0.2) is 58.0 Å². The number of amides is 1. The van der Waals surface area contributed by atoms with Crippen LogP contribution in [0.3, 0.4) is 0 Å². The van der Waals surface area contributed by atoms with Crippen LogP contribution in [-0.2, 0) is 21.2 Å². The van der Waals surface area contributed by atoms with E-state index in [1.165, 1.54) is 25.3 Å². The van der Waals surface area contributed by atoms with Crippen molar-refractivity contribution in [2.45, 2.75) is 24.7 Å². The van der Waals surface area contributed by atoms with Crippen LogP contribution in [-0.4, -0.2) is 26.4 Å². The smallest absolute Gasteiger partial charge is 0.241 e. The number of nitrogens with one attached hydrogen (secondary N) is 1. The lowest BCUT2D eigenvalue weighted by Crippen LogP contribution is -2.16. The Hall–Kier alpha value is -3.17. The van der Waals surface area contributed by atoms with E-state index in [0.717, 1.165) is 11.1 Å². The number of aromatic nitrogens is 1. The summed E-state index contributed by atoms with van der Waals surface area (Å²) in [7, 11) is -2.65. The first kappa shape index (κ1) is 20.6. The van der Waals surface area contributed by atoms with Crippen molar-refractivity contribution in [2.75, 3.05) is 12.4 Å². The van der Waals surface area contributed by atoms with Gasteiger partial charge in [-0.2, -0.15) is 0 Å². The second-order valence-corrected chi connectivity index (χ2v) is 7.97. The average Bonchev–Trinajstić information content (AvgIpc) is 3.15. The number of sulfonamides is 1. The molecule has 152 valence electrons. The summed E-state index contributed by atoms with van der Waals surface area (Å²) in [6.45, 7) is 2.00. The molecular weight excluding hydrogens is 394 g/mol. The van der Waals surface area contributed by atoms with Crippen LogP contribution in [0.5, 0.6) is 5.75 Å². The SMILES string of the molecule is COc1ccc(NC(=O)CCc2ncc(-c3ccc(C)cc3)o2)cc1S(N)(=O)=O. The van der Waals surface area contributed by atoms with Crippen molar-refractivity contribution < 1.29 is 22.4 Å². The number of nitrogens with zero attached hydrogens (tertiary/aromatic N) is 1. The Kier molecular flexibility index (Phi) is 6.00. The second kappa shape index (κ2) is 8.46. The molecule has 0 aliphatic carbocycles. The van der Waals surface area contributed by atoms with Gasteiger partial charge >= 0.3 is 0 Å². The topological polar surface area (TPSA) is 125 Å².